The van der Waals surface area contributed by atoms with Crippen molar-refractivity contribution in [3.8, 4) is 0 Å². The van der Waals surface area contributed by atoms with E-state index in [1.54, 1.807) is 0 Å². The predicted molar refractivity (Wildman–Crippen MR) is 113 cm³/mol. The molecule has 0 spiro atoms. The Morgan fingerprint density at radius 2 is 1.93 bits per heavy atom. The molecular weight excluding hydrogens is 372 g/mol. The number of H-pyrrole nitrogens is 1. The summed E-state index contributed by atoms with van der Waals surface area (Å²) in [5.41, 5.74) is 4.19. The molecule has 0 fully saturated rings. The van der Waals surface area contributed by atoms with E-state index in [1.165, 1.54) is 0 Å². The normalized spacial score (nSPS) is 11.1. The Labute approximate surface area is 168 Å². The van der Waals surface area contributed by atoms with E-state index >= 15 is 0 Å². The van der Waals surface area contributed by atoms with Gasteiger partial charge in [0, 0.05) is 40.3 Å². The van der Waals surface area contributed by atoms with Gasteiger partial charge in [-0.2, -0.15) is 5.10 Å². The zero-order valence-corrected chi connectivity index (χ0v) is 16.3. The molecule has 2 aromatic heterocycles. The molecule has 2 heterocycles. The number of hydrogen-bond donors (Lipinski definition) is 2. The summed E-state index contributed by atoms with van der Waals surface area (Å²) in [5, 5.41) is 9.27. The lowest BCUT2D eigenvalue weighted by molar-refractivity contribution is -0.116. The largest absolute Gasteiger partial charge is 0.361 e. The summed E-state index contributed by atoms with van der Waals surface area (Å²) in [4.78, 5) is 15.6. The van der Waals surface area contributed by atoms with E-state index in [0.717, 1.165) is 27.7 Å². The average Bonchev–Trinajstić information content (AvgIpc) is 3.25. The topological polar surface area (TPSA) is 62.7 Å². The van der Waals surface area contributed by atoms with Crippen LogP contribution in [0, 0.1) is 6.92 Å². The molecule has 0 bridgehead atoms. The summed E-state index contributed by atoms with van der Waals surface area (Å²) < 4.78 is 1.84. The van der Waals surface area contributed by atoms with Crippen molar-refractivity contribution < 1.29 is 4.79 Å². The molecule has 4 rings (SSSR count). The number of benzene rings is 2. The van der Waals surface area contributed by atoms with Crippen LogP contribution >= 0.6 is 11.6 Å². The summed E-state index contributed by atoms with van der Waals surface area (Å²) in [5.74, 6) is 0.515. The fourth-order valence-electron chi connectivity index (χ4n) is 3.31. The van der Waals surface area contributed by atoms with E-state index in [1.807, 2.05) is 66.3 Å². The van der Waals surface area contributed by atoms with Crippen LogP contribution in [0.3, 0.4) is 0 Å². The highest BCUT2D eigenvalue weighted by Gasteiger charge is 2.11. The number of rotatable bonds is 6. The molecule has 0 unspecified atom stereocenters. The number of carbonyl (C=O) groups is 1. The second-order valence-corrected chi connectivity index (χ2v) is 7.23. The van der Waals surface area contributed by atoms with Gasteiger partial charge in [-0.3, -0.25) is 9.48 Å². The summed E-state index contributed by atoms with van der Waals surface area (Å²) in [6, 6.07) is 17.7. The maximum absolute atomic E-state index is 12.4. The minimum absolute atomic E-state index is 0.0484. The third kappa shape index (κ3) is 3.94. The third-order valence-electron chi connectivity index (χ3n) is 4.82. The summed E-state index contributed by atoms with van der Waals surface area (Å²) in [6.07, 6.45) is 3.05. The van der Waals surface area contributed by atoms with Gasteiger partial charge in [-0.1, -0.05) is 48.0 Å². The molecule has 2 N–H and O–H groups in total. The van der Waals surface area contributed by atoms with Crippen LogP contribution in [0.2, 0.25) is 5.02 Å². The zero-order valence-electron chi connectivity index (χ0n) is 15.6. The molecule has 0 aliphatic rings. The Morgan fingerprint density at radius 3 is 2.79 bits per heavy atom. The monoisotopic (exact) mass is 392 g/mol. The van der Waals surface area contributed by atoms with Crippen LogP contribution in [0.4, 0.5) is 5.82 Å². The lowest BCUT2D eigenvalue weighted by Crippen LogP contribution is -2.13. The van der Waals surface area contributed by atoms with Gasteiger partial charge in [0.2, 0.25) is 5.91 Å². The molecule has 142 valence electrons. The first kappa shape index (κ1) is 18.3. The molecule has 6 heteroatoms. The lowest BCUT2D eigenvalue weighted by Gasteiger charge is -2.06. The number of carbonyl (C=O) groups excluding carboxylic acids is 1. The molecule has 28 heavy (non-hydrogen) atoms. The number of para-hydroxylation sites is 1. The van der Waals surface area contributed by atoms with Crippen molar-refractivity contribution in [1.29, 1.82) is 0 Å². The van der Waals surface area contributed by atoms with Crippen LogP contribution in [-0.2, 0) is 17.8 Å². The second kappa shape index (κ2) is 7.90. The van der Waals surface area contributed by atoms with E-state index in [0.29, 0.717) is 30.2 Å². The SMILES string of the molecule is Cc1cc(NC(=O)CCc2c[nH]c3ccccc23)nn1Cc1ccccc1Cl. The van der Waals surface area contributed by atoms with Crippen molar-refractivity contribution >= 4 is 34.2 Å². The standard InChI is InChI=1S/C22H21ClN4O/c1-15-12-21(26-27(15)14-17-6-2-4-8-19(17)23)25-22(28)11-10-16-13-24-20-9-5-3-7-18(16)20/h2-9,12-13,24H,10-11,14H2,1H3,(H,25,26,28). The van der Waals surface area contributed by atoms with Gasteiger partial charge in [0.05, 0.1) is 6.54 Å². The molecule has 0 aliphatic carbocycles. The number of nitrogens with zero attached hydrogens (tertiary/aromatic N) is 2. The Balaban J connectivity index is 1.39. The van der Waals surface area contributed by atoms with Gasteiger partial charge in [-0.05, 0) is 36.6 Å². The molecule has 0 radical (unpaired) electrons. The molecule has 1 amide bonds. The number of aromatic nitrogens is 3. The fraction of sp³-hybridized carbons (Fsp3) is 0.182. The van der Waals surface area contributed by atoms with Crippen molar-refractivity contribution in [2.24, 2.45) is 0 Å². The number of fused-ring (bicyclic) bond motifs is 1. The van der Waals surface area contributed by atoms with Crippen molar-refractivity contribution in [3.63, 3.8) is 0 Å². The molecule has 0 aliphatic heterocycles. The number of halogens is 1. The first-order chi connectivity index (χ1) is 13.6. The first-order valence-corrected chi connectivity index (χ1v) is 9.60. The van der Waals surface area contributed by atoms with Gasteiger partial charge >= 0.3 is 0 Å². The second-order valence-electron chi connectivity index (χ2n) is 6.83. The predicted octanol–water partition coefficient (Wildman–Crippen LogP) is 4.95. The maximum Gasteiger partial charge on any atom is 0.225 e. The van der Waals surface area contributed by atoms with Crippen molar-refractivity contribution in [2.75, 3.05) is 5.32 Å². The van der Waals surface area contributed by atoms with Crippen molar-refractivity contribution in [2.45, 2.75) is 26.3 Å². The molecule has 0 atom stereocenters. The van der Waals surface area contributed by atoms with Gasteiger partial charge in [0.1, 0.15) is 0 Å². The number of aromatic amines is 1. The van der Waals surface area contributed by atoms with Gasteiger partial charge in [0.15, 0.2) is 5.82 Å². The molecule has 0 saturated carbocycles. The summed E-state index contributed by atoms with van der Waals surface area (Å²) in [7, 11) is 0. The minimum Gasteiger partial charge on any atom is -0.361 e. The van der Waals surface area contributed by atoms with Crippen LogP contribution in [0.25, 0.3) is 10.9 Å². The highest BCUT2D eigenvalue weighted by atomic mass is 35.5. The minimum atomic E-state index is -0.0484. The van der Waals surface area contributed by atoms with Crippen LogP contribution in [0.1, 0.15) is 23.2 Å². The quantitative estimate of drug-likeness (QED) is 0.488. The highest BCUT2D eigenvalue weighted by Crippen LogP contribution is 2.20. The van der Waals surface area contributed by atoms with E-state index in [2.05, 4.69) is 21.5 Å². The lowest BCUT2D eigenvalue weighted by atomic mass is 10.1. The van der Waals surface area contributed by atoms with Crippen LogP contribution < -0.4 is 5.32 Å². The Kier molecular flexibility index (Phi) is 5.17. The smallest absolute Gasteiger partial charge is 0.225 e. The molecule has 0 saturated heterocycles. The van der Waals surface area contributed by atoms with E-state index in [4.69, 9.17) is 11.6 Å². The van der Waals surface area contributed by atoms with E-state index in [9.17, 15) is 4.79 Å². The van der Waals surface area contributed by atoms with Crippen LogP contribution in [0.5, 0.6) is 0 Å². The Morgan fingerprint density at radius 1 is 1.14 bits per heavy atom. The summed E-state index contributed by atoms with van der Waals surface area (Å²) >= 11 is 6.24. The zero-order chi connectivity index (χ0) is 19.5. The van der Waals surface area contributed by atoms with E-state index < -0.39 is 0 Å². The number of anilines is 1. The van der Waals surface area contributed by atoms with Gasteiger partial charge < -0.3 is 10.3 Å². The number of hydrogen-bond acceptors (Lipinski definition) is 2. The molecule has 5 nitrogen and oxygen atoms in total. The Bertz CT molecular complexity index is 1130. The van der Waals surface area contributed by atoms with Gasteiger partial charge in [0.25, 0.3) is 0 Å². The number of nitrogens with one attached hydrogen (secondary N) is 2. The Hall–Kier alpha value is -3.05. The van der Waals surface area contributed by atoms with E-state index in [-0.39, 0.29) is 5.91 Å². The third-order valence-corrected chi connectivity index (χ3v) is 5.19. The van der Waals surface area contributed by atoms with Crippen LogP contribution in [0.15, 0.2) is 60.8 Å². The molecule has 4 aromatic rings. The van der Waals surface area contributed by atoms with Crippen molar-refractivity contribution in [1.82, 2.24) is 14.8 Å². The van der Waals surface area contributed by atoms with Gasteiger partial charge in [-0.25, -0.2) is 0 Å². The summed E-state index contributed by atoms with van der Waals surface area (Å²) in [6.45, 7) is 2.53. The molecular formula is C22H21ClN4O. The highest BCUT2D eigenvalue weighted by molar-refractivity contribution is 6.31. The number of aryl methyl sites for hydroxylation is 2. The molecule has 2 aromatic carbocycles. The number of amides is 1. The fourth-order valence-corrected chi connectivity index (χ4v) is 3.51. The maximum atomic E-state index is 12.4. The van der Waals surface area contributed by atoms with Gasteiger partial charge in [-0.15, -0.1) is 0 Å². The van der Waals surface area contributed by atoms with Crippen LogP contribution in [-0.4, -0.2) is 20.7 Å². The average molecular weight is 393 g/mol. The first-order valence-electron chi connectivity index (χ1n) is 9.23. The van der Waals surface area contributed by atoms with Crippen molar-refractivity contribution in [3.05, 3.63) is 82.6 Å².